The Morgan fingerprint density at radius 2 is 2.05 bits per heavy atom. The Hall–Kier alpha value is -1.47. The van der Waals surface area contributed by atoms with E-state index in [1.807, 2.05) is 0 Å². The van der Waals surface area contributed by atoms with Crippen LogP contribution in [-0.4, -0.2) is 36.4 Å². The van der Waals surface area contributed by atoms with Gasteiger partial charge in [-0.2, -0.15) is 4.31 Å². The molecule has 20 heavy (non-hydrogen) atoms. The summed E-state index contributed by atoms with van der Waals surface area (Å²) in [6, 6.07) is 4.44. The first-order valence-electron chi connectivity index (χ1n) is 6.35. The second kappa shape index (κ2) is 5.49. The predicted molar refractivity (Wildman–Crippen MR) is 70.1 cm³/mol. The van der Waals surface area contributed by atoms with Gasteiger partial charge in [-0.15, -0.1) is 0 Å². The van der Waals surface area contributed by atoms with Crippen LogP contribution in [-0.2, 0) is 14.8 Å². The van der Waals surface area contributed by atoms with Gasteiger partial charge in [-0.1, -0.05) is 12.1 Å². The minimum absolute atomic E-state index is 0.210. The predicted octanol–water partition coefficient (Wildman–Crippen LogP) is 1.70. The van der Waals surface area contributed by atoms with Crippen LogP contribution >= 0.6 is 0 Å². The highest BCUT2D eigenvalue weighted by Crippen LogP contribution is 2.30. The molecule has 1 fully saturated rings. The van der Waals surface area contributed by atoms with E-state index in [4.69, 9.17) is 5.11 Å². The van der Waals surface area contributed by atoms with Gasteiger partial charge >= 0.3 is 5.97 Å². The first kappa shape index (κ1) is 14.9. The summed E-state index contributed by atoms with van der Waals surface area (Å²) < 4.78 is 39.8. The number of sulfonamides is 1. The number of halogens is 1. The molecule has 1 aliphatic rings. The number of aliphatic carboxylic acids is 1. The van der Waals surface area contributed by atoms with E-state index < -0.39 is 38.7 Å². The molecule has 0 aliphatic carbocycles. The summed E-state index contributed by atoms with van der Waals surface area (Å²) in [5, 5.41) is 9.12. The number of rotatable bonds is 3. The SMILES string of the molecule is C[C@@H]1[C@H](C(=O)O)CCCN1S(=O)(=O)c1ccccc1F. The van der Waals surface area contributed by atoms with Crippen LogP contribution in [0.2, 0.25) is 0 Å². The number of piperidine rings is 1. The number of hydrogen-bond acceptors (Lipinski definition) is 3. The molecule has 2 atom stereocenters. The molecule has 2 rings (SSSR count). The minimum atomic E-state index is -4.01. The maximum atomic E-state index is 13.7. The van der Waals surface area contributed by atoms with Gasteiger partial charge in [0.25, 0.3) is 0 Å². The summed E-state index contributed by atoms with van der Waals surface area (Å²) in [6.45, 7) is 1.76. The Kier molecular flexibility index (Phi) is 4.10. The van der Waals surface area contributed by atoms with E-state index in [0.29, 0.717) is 12.8 Å². The highest BCUT2D eigenvalue weighted by molar-refractivity contribution is 7.89. The van der Waals surface area contributed by atoms with E-state index in [2.05, 4.69) is 0 Å². The van der Waals surface area contributed by atoms with Crippen molar-refractivity contribution in [2.24, 2.45) is 5.92 Å². The fraction of sp³-hybridized carbons (Fsp3) is 0.462. The standard InChI is InChI=1S/C13H16FNO4S/c1-9-10(13(16)17)5-4-8-15(9)20(18,19)12-7-3-2-6-11(12)14/h2-3,6-7,9-10H,4-5,8H2,1H3,(H,16,17)/t9-,10-/m1/s1. The lowest BCUT2D eigenvalue weighted by atomic mass is 9.92. The van der Waals surface area contributed by atoms with E-state index in [-0.39, 0.29) is 6.54 Å². The highest BCUT2D eigenvalue weighted by atomic mass is 32.2. The fourth-order valence-electron chi connectivity index (χ4n) is 2.56. The molecule has 1 N–H and O–H groups in total. The summed E-state index contributed by atoms with van der Waals surface area (Å²) >= 11 is 0. The summed E-state index contributed by atoms with van der Waals surface area (Å²) in [4.78, 5) is 10.7. The zero-order valence-corrected chi connectivity index (χ0v) is 11.8. The Morgan fingerprint density at radius 1 is 1.40 bits per heavy atom. The van der Waals surface area contributed by atoms with Crippen molar-refractivity contribution in [1.29, 1.82) is 0 Å². The second-order valence-electron chi connectivity index (χ2n) is 4.87. The Bertz CT molecular complexity index is 617. The van der Waals surface area contributed by atoms with E-state index in [1.54, 1.807) is 6.92 Å². The fourth-order valence-corrected chi connectivity index (χ4v) is 4.33. The summed E-state index contributed by atoms with van der Waals surface area (Å²) in [5.74, 6) is -2.60. The van der Waals surface area contributed by atoms with Crippen molar-refractivity contribution in [1.82, 2.24) is 4.31 Å². The molecular formula is C13H16FNO4S. The lowest BCUT2D eigenvalue weighted by Crippen LogP contribution is -2.49. The smallest absolute Gasteiger partial charge is 0.308 e. The number of carbonyl (C=O) groups is 1. The van der Waals surface area contributed by atoms with Crippen molar-refractivity contribution in [2.45, 2.75) is 30.7 Å². The van der Waals surface area contributed by atoms with Crippen molar-refractivity contribution in [3.05, 3.63) is 30.1 Å². The maximum absolute atomic E-state index is 13.7. The quantitative estimate of drug-likeness (QED) is 0.922. The Labute approximate surface area is 117 Å². The van der Waals surface area contributed by atoms with Crippen molar-refractivity contribution in [2.75, 3.05) is 6.54 Å². The summed E-state index contributed by atoms with van der Waals surface area (Å²) in [5.41, 5.74) is 0. The zero-order chi connectivity index (χ0) is 14.9. The number of benzene rings is 1. The van der Waals surface area contributed by atoms with Gasteiger partial charge in [-0.25, -0.2) is 12.8 Å². The summed E-state index contributed by atoms with van der Waals surface area (Å²) in [6.07, 6.45) is 0.884. The van der Waals surface area contributed by atoms with Gasteiger partial charge in [0.05, 0.1) is 5.92 Å². The van der Waals surface area contributed by atoms with Gasteiger partial charge in [-0.3, -0.25) is 4.79 Å². The van der Waals surface area contributed by atoms with E-state index >= 15 is 0 Å². The monoisotopic (exact) mass is 301 g/mol. The van der Waals surface area contributed by atoms with Gasteiger partial charge in [0.2, 0.25) is 10.0 Å². The second-order valence-corrected chi connectivity index (χ2v) is 6.73. The Morgan fingerprint density at radius 3 is 2.65 bits per heavy atom. The third kappa shape index (κ3) is 2.55. The molecule has 0 aromatic heterocycles. The molecule has 0 amide bonds. The molecular weight excluding hydrogens is 285 g/mol. The van der Waals surface area contributed by atoms with Gasteiger partial charge in [0.1, 0.15) is 10.7 Å². The van der Waals surface area contributed by atoms with Crippen LogP contribution in [0.15, 0.2) is 29.2 Å². The summed E-state index contributed by atoms with van der Waals surface area (Å²) in [7, 11) is -4.01. The topological polar surface area (TPSA) is 74.7 Å². The first-order chi connectivity index (χ1) is 9.35. The van der Waals surface area contributed by atoms with Crippen LogP contribution in [0.1, 0.15) is 19.8 Å². The minimum Gasteiger partial charge on any atom is -0.481 e. The maximum Gasteiger partial charge on any atom is 0.308 e. The zero-order valence-electron chi connectivity index (χ0n) is 11.0. The lowest BCUT2D eigenvalue weighted by molar-refractivity contribution is -0.144. The third-order valence-corrected chi connectivity index (χ3v) is 5.69. The molecule has 1 aromatic carbocycles. The van der Waals surface area contributed by atoms with Crippen molar-refractivity contribution >= 4 is 16.0 Å². The molecule has 0 unspecified atom stereocenters. The number of nitrogens with zero attached hydrogens (tertiary/aromatic N) is 1. The molecule has 110 valence electrons. The molecule has 0 radical (unpaired) electrons. The first-order valence-corrected chi connectivity index (χ1v) is 7.79. The lowest BCUT2D eigenvalue weighted by Gasteiger charge is -2.36. The van der Waals surface area contributed by atoms with Crippen LogP contribution in [0.4, 0.5) is 4.39 Å². The van der Waals surface area contributed by atoms with Crippen LogP contribution in [0, 0.1) is 11.7 Å². The average Bonchev–Trinajstić information content (AvgIpc) is 2.38. The van der Waals surface area contributed by atoms with E-state index in [9.17, 15) is 17.6 Å². The molecule has 1 heterocycles. The van der Waals surface area contributed by atoms with Crippen molar-refractivity contribution < 1.29 is 22.7 Å². The molecule has 0 bridgehead atoms. The largest absolute Gasteiger partial charge is 0.481 e. The Balaban J connectivity index is 2.39. The van der Waals surface area contributed by atoms with Crippen LogP contribution < -0.4 is 0 Å². The van der Waals surface area contributed by atoms with Crippen LogP contribution in [0.3, 0.4) is 0 Å². The molecule has 0 spiro atoms. The third-order valence-electron chi connectivity index (χ3n) is 3.67. The highest BCUT2D eigenvalue weighted by Gasteiger charge is 2.40. The van der Waals surface area contributed by atoms with E-state index in [0.717, 1.165) is 10.4 Å². The van der Waals surface area contributed by atoms with Crippen molar-refractivity contribution in [3.63, 3.8) is 0 Å². The van der Waals surface area contributed by atoms with Crippen LogP contribution in [0.5, 0.6) is 0 Å². The molecule has 1 aliphatic heterocycles. The van der Waals surface area contributed by atoms with Crippen molar-refractivity contribution in [3.8, 4) is 0 Å². The number of hydrogen-bond donors (Lipinski definition) is 1. The molecule has 1 saturated heterocycles. The van der Waals surface area contributed by atoms with Gasteiger partial charge in [-0.05, 0) is 31.9 Å². The molecule has 0 saturated carbocycles. The molecule has 1 aromatic rings. The number of carboxylic acids is 1. The average molecular weight is 301 g/mol. The molecule has 5 nitrogen and oxygen atoms in total. The van der Waals surface area contributed by atoms with Gasteiger partial charge in [0.15, 0.2) is 0 Å². The normalized spacial score (nSPS) is 24.5. The van der Waals surface area contributed by atoms with Gasteiger partial charge < -0.3 is 5.11 Å². The number of carboxylic acid groups (broad SMARTS) is 1. The van der Waals surface area contributed by atoms with Crippen LogP contribution in [0.25, 0.3) is 0 Å². The molecule has 7 heteroatoms. The van der Waals surface area contributed by atoms with Gasteiger partial charge in [0, 0.05) is 12.6 Å². The van der Waals surface area contributed by atoms with E-state index in [1.165, 1.54) is 18.2 Å².